The minimum atomic E-state index is -4.00. The van der Waals surface area contributed by atoms with Crippen LogP contribution in [0.5, 0.6) is 11.5 Å². The van der Waals surface area contributed by atoms with Gasteiger partial charge in [-0.15, -0.1) is 0 Å². The van der Waals surface area contributed by atoms with Gasteiger partial charge < -0.3 is 9.84 Å². The molecule has 0 spiro atoms. The topological polar surface area (TPSA) is 98.5 Å². The first-order chi connectivity index (χ1) is 18.2. The number of hydrogen-bond donors (Lipinski definition) is 1. The Morgan fingerprint density at radius 3 is 2.32 bits per heavy atom. The van der Waals surface area contributed by atoms with E-state index in [0.717, 1.165) is 11.1 Å². The van der Waals surface area contributed by atoms with Gasteiger partial charge in [-0.05, 0) is 78.2 Å². The number of pyridine rings is 1. The van der Waals surface area contributed by atoms with Crippen molar-refractivity contribution in [1.29, 1.82) is 0 Å². The van der Waals surface area contributed by atoms with Gasteiger partial charge >= 0.3 is 5.97 Å². The first-order valence-electron chi connectivity index (χ1n) is 11.5. The second-order valence-electron chi connectivity index (χ2n) is 8.50. The minimum absolute atomic E-state index is 0.0481. The van der Waals surface area contributed by atoms with Crippen molar-refractivity contribution in [2.45, 2.75) is 17.7 Å². The summed E-state index contributed by atoms with van der Waals surface area (Å²) < 4.78 is 34.3. The second kappa shape index (κ2) is 10.5. The molecule has 0 saturated heterocycles. The summed E-state index contributed by atoms with van der Waals surface area (Å²) in [4.78, 5) is 15.5. The van der Waals surface area contributed by atoms with Gasteiger partial charge in [0.2, 0.25) is 0 Å². The summed E-state index contributed by atoms with van der Waals surface area (Å²) >= 11 is 12.0. The molecule has 0 atom stereocenters. The predicted molar refractivity (Wildman–Crippen MR) is 147 cm³/mol. The van der Waals surface area contributed by atoms with Crippen LogP contribution in [0.25, 0.3) is 22.0 Å². The smallest absolute Gasteiger partial charge is 0.303 e. The van der Waals surface area contributed by atoms with Crippen molar-refractivity contribution in [3.63, 3.8) is 0 Å². The summed E-state index contributed by atoms with van der Waals surface area (Å²) in [6, 6.07) is 19.9. The van der Waals surface area contributed by atoms with E-state index in [4.69, 9.17) is 27.9 Å². The van der Waals surface area contributed by atoms with E-state index in [1.807, 2.05) is 24.3 Å². The maximum absolute atomic E-state index is 13.7. The van der Waals surface area contributed by atoms with E-state index in [9.17, 15) is 18.3 Å². The molecule has 3 aromatic carbocycles. The van der Waals surface area contributed by atoms with Gasteiger partial charge in [-0.25, -0.2) is 12.4 Å². The van der Waals surface area contributed by atoms with Crippen molar-refractivity contribution in [2.24, 2.45) is 0 Å². The van der Waals surface area contributed by atoms with Crippen LogP contribution in [0.3, 0.4) is 0 Å². The van der Waals surface area contributed by atoms with Gasteiger partial charge in [0.1, 0.15) is 11.5 Å². The molecule has 2 heterocycles. The average Bonchev–Trinajstić information content (AvgIpc) is 3.26. The zero-order chi connectivity index (χ0) is 26.9. The fraction of sp³-hybridized carbons (Fsp3) is 0.0714. The molecule has 0 bridgehead atoms. The lowest BCUT2D eigenvalue weighted by Crippen LogP contribution is -2.11. The van der Waals surface area contributed by atoms with Crippen LogP contribution in [0.15, 0.2) is 96.3 Å². The van der Waals surface area contributed by atoms with E-state index in [1.165, 1.54) is 22.3 Å². The lowest BCUT2D eigenvalue weighted by atomic mass is 10.0. The Balaban J connectivity index is 1.52. The zero-order valence-electron chi connectivity index (χ0n) is 19.7. The average molecular weight is 567 g/mol. The number of hydrogen-bond acceptors (Lipinski definition) is 5. The van der Waals surface area contributed by atoms with Crippen LogP contribution < -0.4 is 4.74 Å². The molecule has 10 heteroatoms. The van der Waals surface area contributed by atoms with Gasteiger partial charge in [-0.1, -0.05) is 35.3 Å². The SMILES string of the molecule is O=C(O)CCc1cn(S(=O)(=O)c2ccc(Oc3cc(Cl)cc(Cl)c3)cc2)c2ccc(-c3cccnc3)cc12. The van der Waals surface area contributed by atoms with Crippen molar-refractivity contribution in [3.8, 4) is 22.6 Å². The zero-order valence-corrected chi connectivity index (χ0v) is 22.0. The molecule has 0 unspecified atom stereocenters. The standard InChI is InChI=1S/C28H20Cl2N2O5S/c29-21-13-22(30)15-24(14-21)37-23-5-7-25(8-6-23)38(35,36)32-17-20(4-10-28(33)34)26-12-18(3-9-27(26)32)19-2-1-11-31-16-19/h1-3,5-9,11-17H,4,10H2,(H,33,34). The van der Waals surface area contributed by atoms with Crippen molar-refractivity contribution < 1.29 is 23.1 Å². The predicted octanol–water partition coefficient (Wildman–Crippen LogP) is 7.06. The van der Waals surface area contributed by atoms with Gasteiger partial charge in [0.05, 0.1) is 10.4 Å². The van der Waals surface area contributed by atoms with Crippen molar-refractivity contribution in [1.82, 2.24) is 8.96 Å². The van der Waals surface area contributed by atoms with Crippen molar-refractivity contribution in [2.75, 3.05) is 0 Å². The number of carbonyl (C=O) groups is 1. The fourth-order valence-corrected chi connectivity index (χ4v) is 6.03. The van der Waals surface area contributed by atoms with Crippen LogP contribution in [0, 0.1) is 0 Å². The first kappa shape index (κ1) is 25.8. The lowest BCUT2D eigenvalue weighted by Gasteiger charge is -2.10. The number of nitrogens with zero attached hydrogens (tertiary/aromatic N) is 2. The van der Waals surface area contributed by atoms with E-state index < -0.39 is 16.0 Å². The molecular weight excluding hydrogens is 547 g/mol. The molecule has 0 aliphatic rings. The highest BCUT2D eigenvalue weighted by Gasteiger charge is 2.22. The molecule has 0 aliphatic heterocycles. The summed E-state index contributed by atoms with van der Waals surface area (Å²) in [5, 5.41) is 10.7. The van der Waals surface area contributed by atoms with Crippen LogP contribution in [-0.2, 0) is 21.2 Å². The number of carboxylic acid groups (broad SMARTS) is 1. The Labute approximate surface area is 228 Å². The summed E-state index contributed by atoms with van der Waals surface area (Å²) in [6.07, 6.45) is 4.93. The molecule has 0 aliphatic carbocycles. The van der Waals surface area contributed by atoms with Crippen LogP contribution in [0.1, 0.15) is 12.0 Å². The van der Waals surface area contributed by atoms with Crippen LogP contribution >= 0.6 is 23.2 Å². The molecular formula is C28H20Cl2N2O5S. The monoisotopic (exact) mass is 566 g/mol. The molecule has 0 fully saturated rings. The molecule has 0 saturated carbocycles. The Kier molecular flexibility index (Phi) is 7.12. The van der Waals surface area contributed by atoms with E-state index in [1.54, 1.807) is 48.8 Å². The number of rotatable bonds is 8. The molecule has 5 rings (SSSR count). The summed E-state index contributed by atoms with van der Waals surface area (Å²) in [7, 11) is -4.00. The van der Waals surface area contributed by atoms with Crippen LogP contribution in [-0.4, -0.2) is 28.5 Å². The molecule has 7 nitrogen and oxygen atoms in total. The first-order valence-corrected chi connectivity index (χ1v) is 13.7. The number of aromatic nitrogens is 2. The number of aryl methyl sites for hydroxylation is 1. The number of carboxylic acids is 1. The van der Waals surface area contributed by atoms with Crippen LogP contribution in [0.2, 0.25) is 10.0 Å². The molecule has 0 radical (unpaired) electrons. The molecule has 1 N–H and O–H groups in total. The Morgan fingerprint density at radius 1 is 0.921 bits per heavy atom. The van der Waals surface area contributed by atoms with Crippen molar-refractivity contribution >= 4 is 50.1 Å². The third kappa shape index (κ3) is 5.38. The fourth-order valence-electron chi connectivity index (χ4n) is 4.14. The largest absolute Gasteiger partial charge is 0.481 e. The van der Waals surface area contributed by atoms with Crippen molar-refractivity contribution in [3.05, 3.63) is 107 Å². The maximum atomic E-state index is 13.7. The Morgan fingerprint density at radius 2 is 1.66 bits per heavy atom. The highest BCUT2D eigenvalue weighted by Crippen LogP contribution is 2.33. The highest BCUT2D eigenvalue weighted by atomic mass is 35.5. The second-order valence-corrected chi connectivity index (χ2v) is 11.2. The van der Waals surface area contributed by atoms with Gasteiger partial charge in [0.25, 0.3) is 10.0 Å². The van der Waals surface area contributed by atoms with Gasteiger partial charge in [-0.2, -0.15) is 0 Å². The maximum Gasteiger partial charge on any atom is 0.303 e. The number of halogens is 2. The number of benzene rings is 3. The van der Waals surface area contributed by atoms with E-state index in [-0.39, 0.29) is 17.7 Å². The quantitative estimate of drug-likeness (QED) is 0.216. The summed E-state index contributed by atoms with van der Waals surface area (Å²) in [5.41, 5.74) is 2.78. The lowest BCUT2D eigenvalue weighted by molar-refractivity contribution is -0.136. The normalized spacial score (nSPS) is 11.5. The minimum Gasteiger partial charge on any atom is -0.481 e. The Bertz CT molecular complexity index is 1730. The number of ether oxygens (including phenoxy) is 1. The third-order valence-corrected chi connectivity index (χ3v) is 8.03. The third-order valence-electron chi connectivity index (χ3n) is 5.91. The molecule has 38 heavy (non-hydrogen) atoms. The van der Waals surface area contributed by atoms with Crippen LogP contribution in [0.4, 0.5) is 0 Å². The van der Waals surface area contributed by atoms with Gasteiger partial charge in [0.15, 0.2) is 0 Å². The molecule has 0 amide bonds. The number of fused-ring (bicyclic) bond motifs is 1. The summed E-state index contributed by atoms with van der Waals surface area (Å²) in [5.74, 6) is -0.140. The van der Waals surface area contributed by atoms with E-state index >= 15 is 0 Å². The highest BCUT2D eigenvalue weighted by molar-refractivity contribution is 7.90. The molecule has 192 valence electrons. The molecule has 2 aromatic heterocycles. The van der Waals surface area contributed by atoms with E-state index in [2.05, 4.69) is 4.98 Å². The number of aliphatic carboxylic acids is 1. The molecule has 5 aromatic rings. The van der Waals surface area contributed by atoms with E-state index in [0.29, 0.717) is 38.0 Å². The summed E-state index contributed by atoms with van der Waals surface area (Å²) in [6.45, 7) is 0. The Hall–Kier alpha value is -3.85. The van der Waals surface area contributed by atoms with Gasteiger partial charge in [0, 0.05) is 46.0 Å². The van der Waals surface area contributed by atoms with Gasteiger partial charge in [-0.3, -0.25) is 9.78 Å².